The smallest absolute Gasteiger partial charge is 0.329 e. The summed E-state index contributed by atoms with van der Waals surface area (Å²) in [5.41, 5.74) is 0.858. The van der Waals surface area contributed by atoms with Crippen molar-refractivity contribution in [2.24, 2.45) is 0 Å². The van der Waals surface area contributed by atoms with E-state index in [1.165, 1.54) is 0 Å². The minimum absolute atomic E-state index is 0.161. The van der Waals surface area contributed by atoms with Gasteiger partial charge in [0.2, 0.25) is 11.8 Å². The van der Waals surface area contributed by atoms with Gasteiger partial charge in [0, 0.05) is 19.4 Å². The van der Waals surface area contributed by atoms with E-state index >= 15 is 0 Å². The molecule has 1 saturated heterocycles. The van der Waals surface area contributed by atoms with E-state index in [1.807, 2.05) is 45.0 Å². The molecule has 0 spiro atoms. The molecule has 1 atom stereocenters. The Morgan fingerprint density at radius 1 is 1.03 bits per heavy atom. The first-order valence-electron chi connectivity index (χ1n) is 11.9. The van der Waals surface area contributed by atoms with Gasteiger partial charge in [0.05, 0.1) is 11.0 Å². The minimum Gasteiger partial charge on any atom is -0.460 e. The van der Waals surface area contributed by atoms with Gasteiger partial charge in [-0.05, 0) is 58.6 Å². The highest BCUT2D eigenvalue weighted by Gasteiger charge is 2.29. The number of esters is 1. The Balaban J connectivity index is 1.59. The van der Waals surface area contributed by atoms with Crippen molar-refractivity contribution >= 4 is 28.8 Å². The number of hydrogen-bond donors (Lipinski definition) is 1. The number of benzene rings is 1. The fraction of sp³-hybridized carbons (Fsp3) is 0.600. The quantitative estimate of drug-likeness (QED) is 0.350. The van der Waals surface area contributed by atoms with E-state index in [9.17, 15) is 19.2 Å². The van der Waals surface area contributed by atoms with Gasteiger partial charge in [-0.25, -0.2) is 4.79 Å². The summed E-state index contributed by atoms with van der Waals surface area (Å²) in [5.74, 6) is -0.857. The molecule has 1 aromatic heterocycles. The number of aryl methyl sites for hydroxylation is 1. The first-order valence-corrected chi connectivity index (χ1v) is 11.9. The molecular formula is C25H35N3O5. The highest BCUT2D eigenvalue weighted by molar-refractivity contribution is 5.98. The summed E-state index contributed by atoms with van der Waals surface area (Å²) in [6, 6.07) is 6.81. The Kier molecular flexibility index (Phi) is 8.10. The maximum atomic E-state index is 13.3. The van der Waals surface area contributed by atoms with Gasteiger partial charge in [-0.1, -0.05) is 31.4 Å². The average Bonchev–Trinajstić information content (AvgIpc) is 2.89. The largest absolute Gasteiger partial charge is 0.460 e. The molecule has 8 nitrogen and oxygen atoms in total. The topological polar surface area (TPSA) is 99.4 Å². The molecule has 2 aromatic rings. The number of para-hydroxylation sites is 2. The number of aromatic nitrogens is 2. The highest BCUT2D eigenvalue weighted by atomic mass is 16.6. The number of nitrogens with zero attached hydrogens (tertiary/aromatic N) is 2. The third kappa shape index (κ3) is 6.55. The highest BCUT2D eigenvalue weighted by Crippen LogP contribution is 2.23. The number of nitrogens with one attached hydrogen (secondary N) is 1. The Labute approximate surface area is 194 Å². The summed E-state index contributed by atoms with van der Waals surface area (Å²) in [5, 5.41) is 2.40. The normalized spacial score (nSPS) is 17.1. The molecule has 0 bridgehead atoms. The van der Waals surface area contributed by atoms with Crippen LogP contribution in [0.3, 0.4) is 0 Å². The molecule has 0 radical (unpaired) electrons. The predicted molar refractivity (Wildman–Crippen MR) is 126 cm³/mol. The molecule has 2 amide bonds. The Morgan fingerprint density at radius 2 is 1.70 bits per heavy atom. The maximum absolute atomic E-state index is 13.3. The molecular weight excluding hydrogens is 422 g/mol. The van der Waals surface area contributed by atoms with E-state index in [0.717, 1.165) is 37.6 Å². The van der Waals surface area contributed by atoms with Crippen molar-refractivity contribution in [1.82, 2.24) is 14.5 Å². The zero-order valence-corrected chi connectivity index (χ0v) is 19.9. The van der Waals surface area contributed by atoms with Crippen LogP contribution in [-0.2, 0) is 25.7 Å². The second-order valence-corrected chi connectivity index (χ2v) is 9.72. The number of rotatable bonds is 9. The van der Waals surface area contributed by atoms with Crippen LogP contribution in [0, 0.1) is 0 Å². The fourth-order valence-electron chi connectivity index (χ4n) is 4.33. The number of carbonyl (C=O) groups excluding carboxylic acids is 3. The third-order valence-electron chi connectivity index (χ3n) is 5.81. The minimum atomic E-state index is -0.678. The van der Waals surface area contributed by atoms with Crippen LogP contribution >= 0.6 is 0 Å². The number of unbranched alkanes of at least 4 members (excludes halogenated alkanes) is 4. The van der Waals surface area contributed by atoms with Crippen molar-refractivity contribution in [3.05, 3.63) is 34.7 Å². The van der Waals surface area contributed by atoms with Crippen LogP contribution in [0.5, 0.6) is 0 Å². The first kappa shape index (κ1) is 24.7. The zero-order valence-electron chi connectivity index (χ0n) is 19.9. The van der Waals surface area contributed by atoms with Crippen LogP contribution in [0.25, 0.3) is 11.0 Å². The number of imidazole rings is 1. The van der Waals surface area contributed by atoms with E-state index in [2.05, 4.69) is 5.32 Å². The van der Waals surface area contributed by atoms with Gasteiger partial charge < -0.3 is 4.74 Å². The molecule has 2 heterocycles. The van der Waals surface area contributed by atoms with Crippen molar-refractivity contribution in [1.29, 1.82) is 0 Å². The Morgan fingerprint density at radius 3 is 2.42 bits per heavy atom. The van der Waals surface area contributed by atoms with Gasteiger partial charge in [-0.2, -0.15) is 0 Å². The second kappa shape index (κ2) is 10.8. The van der Waals surface area contributed by atoms with Gasteiger partial charge in [0.1, 0.15) is 11.6 Å². The Hall–Kier alpha value is -2.90. The predicted octanol–water partition coefficient (Wildman–Crippen LogP) is 3.85. The first-order chi connectivity index (χ1) is 15.7. The van der Waals surface area contributed by atoms with Gasteiger partial charge in [-0.3, -0.25) is 28.8 Å². The summed E-state index contributed by atoms with van der Waals surface area (Å²) >= 11 is 0. The van der Waals surface area contributed by atoms with Crippen LogP contribution in [0.4, 0.5) is 0 Å². The fourth-order valence-corrected chi connectivity index (χ4v) is 4.33. The van der Waals surface area contributed by atoms with E-state index in [0.29, 0.717) is 37.7 Å². The molecule has 3 rings (SSSR count). The lowest BCUT2D eigenvalue weighted by Crippen LogP contribution is -2.38. The van der Waals surface area contributed by atoms with E-state index in [4.69, 9.17) is 4.74 Å². The van der Waals surface area contributed by atoms with Crippen LogP contribution in [-0.4, -0.2) is 32.5 Å². The molecule has 33 heavy (non-hydrogen) atoms. The van der Waals surface area contributed by atoms with Gasteiger partial charge >= 0.3 is 11.7 Å². The standard InChI is InChI=1S/C25H35N3O5/c1-25(2,3)33-22(30)16-7-5-4-6-10-17-27-18-12-8-9-13-19(18)28(24(27)32)20-14-11-15-21(29)26-23(20)31/h8-9,12-13,20H,4-7,10-11,14-17H2,1-3H3,(H,26,29,31). The van der Waals surface area contributed by atoms with Gasteiger partial charge in [0.15, 0.2) is 0 Å². The third-order valence-corrected chi connectivity index (χ3v) is 5.81. The molecule has 1 aliphatic rings. The number of hydrogen-bond acceptors (Lipinski definition) is 5. The number of ether oxygens (including phenoxy) is 1. The van der Waals surface area contributed by atoms with E-state index < -0.39 is 17.6 Å². The van der Waals surface area contributed by atoms with Crippen LogP contribution in [0.15, 0.2) is 29.1 Å². The Bertz CT molecular complexity index is 1060. The maximum Gasteiger partial charge on any atom is 0.329 e. The molecule has 180 valence electrons. The van der Waals surface area contributed by atoms with Gasteiger partial charge in [0.25, 0.3) is 0 Å². The average molecular weight is 458 g/mol. The monoisotopic (exact) mass is 457 g/mol. The van der Waals surface area contributed by atoms with Crippen LogP contribution in [0.2, 0.25) is 0 Å². The number of imide groups is 1. The SMILES string of the molecule is CC(C)(C)OC(=O)CCCCCCCn1c(=O)n(C2CCCC(=O)NC2=O)c2ccccc21. The second-order valence-electron chi connectivity index (χ2n) is 9.72. The molecule has 0 aliphatic carbocycles. The van der Waals surface area contributed by atoms with Crippen molar-refractivity contribution in [3.63, 3.8) is 0 Å². The summed E-state index contributed by atoms with van der Waals surface area (Å²) in [4.78, 5) is 49.4. The number of fused-ring (bicyclic) bond motifs is 1. The number of carbonyl (C=O) groups is 3. The summed E-state index contributed by atoms with van der Waals surface area (Å²) in [7, 11) is 0. The van der Waals surface area contributed by atoms with Crippen molar-refractivity contribution in [2.45, 2.75) is 96.7 Å². The molecule has 1 fully saturated rings. The van der Waals surface area contributed by atoms with E-state index in [1.54, 1.807) is 9.13 Å². The van der Waals surface area contributed by atoms with E-state index in [-0.39, 0.29) is 17.6 Å². The summed E-state index contributed by atoms with van der Waals surface area (Å²) < 4.78 is 8.60. The molecule has 1 unspecified atom stereocenters. The molecule has 8 heteroatoms. The molecule has 0 saturated carbocycles. The lowest BCUT2D eigenvalue weighted by atomic mass is 10.1. The van der Waals surface area contributed by atoms with Crippen LogP contribution in [0.1, 0.15) is 84.6 Å². The van der Waals surface area contributed by atoms with Crippen molar-refractivity contribution in [3.8, 4) is 0 Å². The lowest BCUT2D eigenvalue weighted by Gasteiger charge is -2.19. The lowest BCUT2D eigenvalue weighted by molar-refractivity contribution is -0.155. The molecule has 1 aliphatic heterocycles. The molecule has 1 aromatic carbocycles. The van der Waals surface area contributed by atoms with Crippen molar-refractivity contribution in [2.75, 3.05) is 0 Å². The number of amides is 2. The van der Waals surface area contributed by atoms with Gasteiger partial charge in [-0.15, -0.1) is 0 Å². The zero-order chi connectivity index (χ0) is 24.0. The van der Waals surface area contributed by atoms with Crippen LogP contribution < -0.4 is 11.0 Å². The summed E-state index contributed by atoms with van der Waals surface area (Å²) in [6.45, 7) is 6.16. The summed E-state index contributed by atoms with van der Waals surface area (Å²) in [6.07, 6.45) is 6.23. The molecule has 1 N–H and O–H groups in total. The van der Waals surface area contributed by atoms with Crippen molar-refractivity contribution < 1.29 is 19.1 Å².